The van der Waals surface area contributed by atoms with Gasteiger partial charge in [0, 0.05) is 35.6 Å². The van der Waals surface area contributed by atoms with Crippen molar-refractivity contribution in [2.75, 3.05) is 27.8 Å². The minimum absolute atomic E-state index is 0.0685. The number of aryl methyl sites for hydroxylation is 2. The second kappa shape index (κ2) is 11.0. The Hall–Kier alpha value is -3.58. The van der Waals surface area contributed by atoms with Crippen LogP contribution in [0.2, 0.25) is 0 Å². The molecule has 2 aromatic carbocycles. The Morgan fingerprint density at radius 3 is 2.38 bits per heavy atom. The summed E-state index contributed by atoms with van der Waals surface area (Å²) in [6.07, 6.45) is 0.806. The van der Waals surface area contributed by atoms with Crippen LogP contribution in [0, 0.1) is 13.8 Å². The highest BCUT2D eigenvalue weighted by molar-refractivity contribution is 5.99. The number of ether oxygens (including phenoxy) is 2. The van der Waals surface area contributed by atoms with Crippen molar-refractivity contribution < 1.29 is 19.1 Å². The number of likely N-dealkylation sites (N-methyl/N-ethyl adjacent to an activating group) is 1. The van der Waals surface area contributed by atoms with Crippen LogP contribution in [-0.2, 0) is 19.5 Å². The second-order valence-corrected chi connectivity index (χ2v) is 8.54. The number of carbonyl (C=O) groups excluding carboxylic acids is 2. The third kappa shape index (κ3) is 5.85. The van der Waals surface area contributed by atoms with Gasteiger partial charge in [-0.05, 0) is 68.8 Å². The zero-order chi connectivity index (χ0) is 24.8. The minimum Gasteiger partial charge on any atom is -0.493 e. The van der Waals surface area contributed by atoms with Crippen molar-refractivity contribution in [1.82, 2.24) is 9.47 Å². The second-order valence-electron chi connectivity index (χ2n) is 8.54. The first-order chi connectivity index (χ1) is 16.2. The monoisotopic (exact) mass is 463 g/mol. The fraction of sp³-hybridized carbons (Fsp3) is 0.333. The number of nitrogens with zero attached hydrogens (tertiary/aromatic N) is 2. The average Bonchev–Trinajstić information content (AvgIpc) is 3.10. The summed E-state index contributed by atoms with van der Waals surface area (Å²) in [5, 5.41) is 0. The fourth-order valence-electron chi connectivity index (χ4n) is 4.23. The maximum atomic E-state index is 13.1. The molecule has 0 saturated heterocycles. The van der Waals surface area contributed by atoms with Gasteiger partial charge in [-0.3, -0.25) is 14.5 Å². The molecule has 1 amide bonds. The van der Waals surface area contributed by atoms with E-state index in [2.05, 4.69) is 4.57 Å². The van der Waals surface area contributed by atoms with Crippen LogP contribution < -0.4 is 15.2 Å². The molecule has 34 heavy (non-hydrogen) atoms. The Morgan fingerprint density at radius 2 is 1.71 bits per heavy atom. The van der Waals surface area contributed by atoms with Gasteiger partial charge in [-0.1, -0.05) is 18.2 Å². The molecule has 0 aliphatic heterocycles. The first-order valence-electron chi connectivity index (χ1n) is 11.2. The molecule has 0 unspecified atom stereocenters. The van der Waals surface area contributed by atoms with Crippen LogP contribution in [0.25, 0.3) is 0 Å². The Morgan fingerprint density at radius 1 is 0.971 bits per heavy atom. The first-order valence-corrected chi connectivity index (χ1v) is 11.2. The summed E-state index contributed by atoms with van der Waals surface area (Å²) in [5.41, 5.74) is 10.7. The highest BCUT2D eigenvalue weighted by atomic mass is 16.5. The van der Waals surface area contributed by atoms with E-state index >= 15 is 0 Å². The van der Waals surface area contributed by atoms with Crippen LogP contribution in [-0.4, -0.2) is 49.0 Å². The minimum atomic E-state index is -0.457. The van der Waals surface area contributed by atoms with E-state index in [1.165, 1.54) is 0 Å². The molecular formula is C27H33N3O4. The SMILES string of the molecule is COc1ccc(CCn2c(C)cc(C(=O)CN(C)Cc3cccc(C(N)=O)c3)c2C)cc1OC. The molecule has 3 rings (SSSR count). The molecular weight excluding hydrogens is 430 g/mol. The number of primary amides is 1. The Balaban J connectivity index is 1.66. The molecule has 3 aromatic rings. The number of benzene rings is 2. The van der Waals surface area contributed by atoms with E-state index < -0.39 is 5.91 Å². The number of carbonyl (C=O) groups is 2. The summed E-state index contributed by atoms with van der Waals surface area (Å²) >= 11 is 0. The van der Waals surface area contributed by atoms with E-state index in [-0.39, 0.29) is 12.3 Å². The van der Waals surface area contributed by atoms with E-state index in [1.54, 1.807) is 32.4 Å². The van der Waals surface area contributed by atoms with Crippen LogP contribution in [0.3, 0.4) is 0 Å². The maximum absolute atomic E-state index is 13.1. The van der Waals surface area contributed by atoms with Crippen LogP contribution in [0.5, 0.6) is 11.5 Å². The number of amides is 1. The summed E-state index contributed by atoms with van der Waals surface area (Å²) in [6, 6.07) is 15.1. The van der Waals surface area contributed by atoms with Crippen LogP contribution in [0.1, 0.15) is 43.2 Å². The lowest BCUT2D eigenvalue weighted by Crippen LogP contribution is -2.26. The van der Waals surface area contributed by atoms with Crippen molar-refractivity contribution in [2.24, 2.45) is 5.73 Å². The van der Waals surface area contributed by atoms with Crippen molar-refractivity contribution >= 4 is 11.7 Å². The zero-order valence-electron chi connectivity index (χ0n) is 20.6. The summed E-state index contributed by atoms with van der Waals surface area (Å²) < 4.78 is 12.9. The van der Waals surface area contributed by atoms with Crippen LogP contribution >= 0.6 is 0 Å². The van der Waals surface area contributed by atoms with Gasteiger partial charge < -0.3 is 19.8 Å². The summed E-state index contributed by atoms with van der Waals surface area (Å²) in [5.74, 6) is 1.03. The van der Waals surface area contributed by atoms with Crippen molar-refractivity contribution in [3.8, 4) is 11.5 Å². The van der Waals surface area contributed by atoms with Crippen LogP contribution in [0.4, 0.5) is 0 Å². The van der Waals surface area contributed by atoms with E-state index in [1.807, 2.05) is 56.1 Å². The molecule has 0 saturated carbocycles. The quantitative estimate of drug-likeness (QED) is 0.438. The molecule has 7 heteroatoms. The number of nitrogens with two attached hydrogens (primary N) is 1. The van der Waals surface area contributed by atoms with Crippen molar-refractivity contribution in [3.63, 3.8) is 0 Å². The van der Waals surface area contributed by atoms with E-state index in [0.29, 0.717) is 23.6 Å². The van der Waals surface area contributed by atoms with Crippen molar-refractivity contribution in [3.05, 3.63) is 82.2 Å². The van der Waals surface area contributed by atoms with Crippen LogP contribution in [0.15, 0.2) is 48.5 Å². The van der Waals surface area contributed by atoms with E-state index in [9.17, 15) is 9.59 Å². The summed E-state index contributed by atoms with van der Waals surface area (Å²) in [6.45, 7) is 5.60. The lowest BCUT2D eigenvalue weighted by molar-refractivity contribution is 0.0940. The Kier molecular flexibility index (Phi) is 8.12. The fourth-order valence-corrected chi connectivity index (χ4v) is 4.23. The molecule has 1 aromatic heterocycles. The molecule has 180 valence electrons. The molecule has 0 bridgehead atoms. The number of ketones is 1. The predicted molar refractivity (Wildman–Crippen MR) is 133 cm³/mol. The third-order valence-corrected chi connectivity index (χ3v) is 6.02. The predicted octanol–water partition coefficient (Wildman–Crippen LogP) is 3.78. The van der Waals surface area contributed by atoms with Crippen molar-refractivity contribution in [2.45, 2.75) is 33.4 Å². The number of hydrogen-bond acceptors (Lipinski definition) is 5. The smallest absolute Gasteiger partial charge is 0.248 e. The first kappa shape index (κ1) is 25.1. The molecule has 0 atom stereocenters. The van der Waals surface area contributed by atoms with Gasteiger partial charge in [-0.25, -0.2) is 0 Å². The number of rotatable bonds is 11. The van der Waals surface area contributed by atoms with E-state index in [0.717, 1.165) is 41.0 Å². The normalized spacial score (nSPS) is 11.0. The Labute approximate surface area is 201 Å². The maximum Gasteiger partial charge on any atom is 0.248 e. The van der Waals surface area contributed by atoms with Gasteiger partial charge in [-0.2, -0.15) is 0 Å². The Bertz CT molecular complexity index is 1180. The lowest BCUT2D eigenvalue weighted by Gasteiger charge is -2.16. The molecule has 0 aliphatic rings. The lowest BCUT2D eigenvalue weighted by atomic mass is 10.1. The molecule has 0 fully saturated rings. The molecule has 0 aliphatic carbocycles. The number of aromatic nitrogens is 1. The molecule has 7 nitrogen and oxygen atoms in total. The van der Waals surface area contributed by atoms with Gasteiger partial charge in [0.25, 0.3) is 0 Å². The third-order valence-electron chi connectivity index (χ3n) is 6.02. The molecule has 0 spiro atoms. The zero-order valence-corrected chi connectivity index (χ0v) is 20.6. The molecule has 2 N–H and O–H groups in total. The standard InChI is InChI=1S/C27H33N3O4/c1-18-13-23(24(31)17-29(3)16-21-7-6-8-22(14-21)27(28)32)19(2)30(18)12-11-20-9-10-25(33-4)26(15-20)34-5/h6-10,13-15H,11-12,16-17H2,1-5H3,(H2,28,32). The molecule has 0 radical (unpaired) electrons. The topological polar surface area (TPSA) is 86.8 Å². The van der Waals surface area contributed by atoms with Crippen molar-refractivity contribution in [1.29, 1.82) is 0 Å². The highest BCUT2D eigenvalue weighted by Crippen LogP contribution is 2.28. The number of Topliss-reactive ketones (excluding diaryl/α,β-unsaturated/α-hetero) is 1. The number of hydrogen-bond donors (Lipinski definition) is 1. The highest BCUT2D eigenvalue weighted by Gasteiger charge is 2.18. The summed E-state index contributed by atoms with van der Waals surface area (Å²) in [7, 11) is 5.15. The average molecular weight is 464 g/mol. The van der Waals surface area contributed by atoms with Gasteiger partial charge in [0.05, 0.1) is 20.8 Å². The van der Waals surface area contributed by atoms with Gasteiger partial charge in [0.2, 0.25) is 5.91 Å². The van der Waals surface area contributed by atoms with Gasteiger partial charge in [0.1, 0.15) is 0 Å². The molecule has 1 heterocycles. The van der Waals surface area contributed by atoms with Gasteiger partial charge in [0.15, 0.2) is 17.3 Å². The number of methoxy groups -OCH3 is 2. The summed E-state index contributed by atoms with van der Waals surface area (Å²) in [4.78, 5) is 26.4. The van der Waals surface area contributed by atoms with Gasteiger partial charge in [-0.15, -0.1) is 0 Å². The van der Waals surface area contributed by atoms with E-state index in [4.69, 9.17) is 15.2 Å². The van der Waals surface area contributed by atoms with Gasteiger partial charge >= 0.3 is 0 Å². The largest absolute Gasteiger partial charge is 0.493 e.